The predicted molar refractivity (Wildman–Crippen MR) is 159 cm³/mol. The summed E-state index contributed by atoms with van der Waals surface area (Å²) in [6, 6.07) is 39.9. The maximum absolute atomic E-state index is 13.4. The predicted octanol–water partition coefficient (Wildman–Crippen LogP) is 5.96. The van der Waals surface area contributed by atoms with E-state index in [0.717, 1.165) is 21.5 Å². The minimum absolute atomic E-state index is 0.0236. The van der Waals surface area contributed by atoms with Crippen molar-refractivity contribution in [3.8, 4) is 0 Å². The molecule has 0 aliphatic carbocycles. The van der Waals surface area contributed by atoms with E-state index in [1.807, 2.05) is 106 Å². The Labute approximate surface area is 231 Å². The van der Waals surface area contributed by atoms with E-state index < -0.39 is 24.7 Å². The van der Waals surface area contributed by atoms with Crippen molar-refractivity contribution < 1.29 is 19.1 Å². The molecule has 0 unspecified atom stereocenters. The molecule has 0 spiro atoms. The van der Waals surface area contributed by atoms with E-state index in [9.17, 15) is 9.59 Å². The van der Waals surface area contributed by atoms with Crippen molar-refractivity contribution in [1.82, 2.24) is 5.32 Å². The van der Waals surface area contributed by atoms with E-state index in [1.165, 1.54) is 0 Å². The monoisotopic (exact) mass is 540 g/mol. The fourth-order valence-electron chi connectivity index (χ4n) is 4.70. The molecule has 1 atom stereocenters. The lowest BCUT2D eigenvalue weighted by Crippen LogP contribution is -2.49. The van der Waals surface area contributed by atoms with Crippen molar-refractivity contribution in [2.45, 2.75) is 45.2 Å². The molecule has 1 amide bonds. The van der Waals surface area contributed by atoms with E-state index in [4.69, 9.17) is 9.47 Å². The van der Waals surface area contributed by atoms with Crippen LogP contribution in [-0.2, 0) is 20.9 Å². The first-order valence-electron chi connectivity index (χ1n) is 13.0. The summed E-state index contributed by atoms with van der Waals surface area (Å²) < 4.78 is 11.4. The van der Waals surface area contributed by atoms with Gasteiger partial charge in [0, 0.05) is 0 Å². The number of rotatable bonds is 9. The molecule has 0 bridgehead atoms. The Kier molecular flexibility index (Phi) is 9.16. The fourth-order valence-corrected chi connectivity index (χ4v) is 9.33. The average Bonchev–Trinajstić information content (AvgIpc) is 2.94. The zero-order chi connectivity index (χ0) is 27.7. The van der Waals surface area contributed by atoms with E-state index in [1.54, 1.807) is 0 Å². The van der Waals surface area contributed by atoms with Crippen LogP contribution >= 0.6 is 7.26 Å². The van der Waals surface area contributed by atoms with Gasteiger partial charge in [0.05, 0.1) is 0 Å². The van der Waals surface area contributed by atoms with Gasteiger partial charge in [0.25, 0.3) is 0 Å². The molecular formula is C33H35NO4P+. The van der Waals surface area contributed by atoms with Crippen molar-refractivity contribution in [2.75, 3.05) is 0 Å². The van der Waals surface area contributed by atoms with E-state index in [0.29, 0.717) is 0 Å². The number of benzene rings is 4. The number of carbonyl (C=O) groups is 2. The summed E-state index contributed by atoms with van der Waals surface area (Å²) in [6.07, 6.45) is -0.607. The van der Waals surface area contributed by atoms with Gasteiger partial charge in [0.2, 0.25) is 0 Å². The standard InChI is InChI=1S/C33H34NO4P/c1-33(2,3)38-31(35)24-30(34-32(36)37-25-26-16-8-4-9-17-26)39(27-18-10-5-11-19-27,28-20-12-6-13-21-28)29-22-14-7-15-23-29/h4-23,30H,24-25H2,1-3H3/p+1/t30-/m0/s1. The third-order valence-corrected chi connectivity index (χ3v) is 10.8. The summed E-state index contributed by atoms with van der Waals surface area (Å²) in [5, 5.41) is 6.25. The van der Waals surface area contributed by atoms with Gasteiger partial charge in [0.15, 0.2) is 5.78 Å². The van der Waals surface area contributed by atoms with Crippen LogP contribution in [0.5, 0.6) is 0 Å². The SMILES string of the molecule is CC(C)(C)OC(=O)C[C@@H](NC(=O)OCc1ccccc1)[P+](c1ccccc1)(c1ccccc1)c1ccccc1. The van der Waals surface area contributed by atoms with Crippen LogP contribution in [0.3, 0.4) is 0 Å². The quantitative estimate of drug-likeness (QED) is 0.210. The Morgan fingerprint density at radius 2 is 1.10 bits per heavy atom. The van der Waals surface area contributed by atoms with Crippen LogP contribution < -0.4 is 21.2 Å². The van der Waals surface area contributed by atoms with Crippen LogP contribution in [0.25, 0.3) is 0 Å². The summed E-state index contributed by atoms with van der Waals surface area (Å²) in [5.74, 6) is -1.01. The zero-order valence-corrected chi connectivity index (χ0v) is 23.5. The van der Waals surface area contributed by atoms with Gasteiger partial charge < -0.3 is 9.47 Å². The first-order chi connectivity index (χ1) is 18.8. The van der Waals surface area contributed by atoms with Crippen molar-refractivity contribution in [3.63, 3.8) is 0 Å². The summed E-state index contributed by atoms with van der Waals surface area (Å²) >= 11 is 0. The van der Waals surface area contributed by atoms with Gasteiger partial charge in [-0.2, -0.15) is 0 Å². The zero-order valence-electron chi connectivity index (χ0n) is 22.6. The normalized spacial score (nSPS) is 12.3. The molecule has 0 aliphatic heterocycles. The Hall–Kier alpha value is -3.95. The number of amides is 1. The molecule has 0 fully saturated rings. The molecule has 4 aromatic rings. The number of carbonyl (C=O) groups excluding carboxylic acids is 2. The molecule has 1 N–H and O–H groups in total. The van der Waals surface area contributed by atoms with Gasteiger partial charge in [-0.25, -0.2) is 4.79 Å². The summed E-state index contributed by atoms with van der Waals surface area (Å²) in [4.78, 5) is 26.7. The van der Waals surface area contributed by atoms with Gasteiger partial charge in [-0.15, -0.1) is 0 Å². The number of hydrogen-bond donors (Lipinski definition) is 1. The second-order valence-electron chi connectivity index (χ2n) is 10.2. The second kappa shape index (κ2) is 12.7. The minimum Gasteiger partial charge on any atom is -0.460 e. The van der Waals surface area contributed by atoms with Crippen LogP contribution in [0.4, 0.5) is 4.79 Å². The first kappa shape index (κ1) is 28.1. The van der Waals surface area contributed by atoms with Crippen molar-refractivity contribution in [1.29, 1.82) is 0 Å². The Bertz CT molecular complexity index is 1240. The van der Waals surface area contributed by atoms with Crippen LogP contribution in [-0.4, -0.2) is 23.4 Å². The molecule has 200 valence electrons. The highest BCUT2D eigenvalue weighted by Gasteiger charge is 2.54. The second-order valence-corrected chi connectivity index (χ2v) is 13.9. The van der Waals surface area contributed by atoms with Gasteiger partial charge in [-0.1, -0.05) is 84.9 Å². The molecule has 0 aromatic heterocycles. The summed E-state index contributed by atoms with van der Waals surface area (Å²) in [6.45, 7) is 5.65. The lowest BCUT2D eigenvalue weighted by Gasteiger charge is -2.35. The van der Waals surface area contributed by atoms with Gasteiger partial charge in [-0.3, -0.25) is 10.1 Å². The number of alkyl carbamates (subject to hydrolysis) is 1. The van der Waals surface area contributed by atoms with Gasteiger partial charge in [-0.05, 0) is 62.7 Å². The van der Waals surface area contributed by atoms with Crippen LogP contribution in [0.2, 0.25) is 0 Å². The maximum Gasteiger partial charge on any atom is 0.410 e. The lowest BCUT2D eigenvalue weighted by atomic mass is 10.2. The number of hydrogen-bond acceptors (Lipinski definition) is 4. The van der Waals surface area contributed by atoms with Crippen LogP contribution in [0.15, 0.2) is 121 Å². The van der Waals surface area contributed by atoms with Crippen LogP contribution in [0.1, 0.15) is 32.8 Å². The number of nitrogens with one attached hydrogen (secondary N) is 1. The summed E-state index contributed by atoms with van der Waals surface area (Å²) in [7, 11) is -2.65. The highest BCUT2D eigenvalue weighted by molar-refractivity contribution is 7.96. The fraction of sp³-hybridized carbons (Fsp3) is 0.212. The van der Waals surface area contributed by atoms with E-state index >= 15 is 0 Å². The highest BCUT2D eigenvalue weighted by atomic mass is 31.2. The van der Waals surface area contributed by atoms with Gasteiger partial charge >= 0.3 is 12.1 Å². The van der Waals surface area contributed by atoms with E-state index in [-0.39, 0.29) is 19.0 Å². The molecule has 0 saturated carbocycles. The largest absolute Gasteiger partial charge is 0.460 e. The first-order valence-corrected chi connectivity index (χ1v) is 14.9. The summed E-state index contributed by atoms with van der Waals surface area (Å²) in [5.41, 5.74) is 0.217. The molecule has 0 aliphatic rings. The molecule has 4 rings (SSSR count). The van der Waals surface area contributed by atoms with Crippen molar-refractivity contribution >= 4 is 35.2 Å². The lowest BCUT2D eigenvalue weighted by molar-refractivity contribution is -0.154. The van der Waals surface area contributed by atoms with Crippen molar-refractivity contribution in [3.05, 3.63) is 127 Å². The molecule has 0 saturated heterocycles. The molecular weight excluding hydrogens is 505 g/mol. The highest BCUT2D eigenvalue weighted by Crippen LogP contribution is 2.60. The molecule has 4 aromatic carbocycles. The van der Waals surface area contributed by atoms with E-state index in [2.05, 4.69) is 41.7 Å². The van der Waals surface area contributed by atoms with Crippen molar-refractivity contribution in [2.24, 2.45) is 0 Å². The Balaban J connectivity index is 1.84. The smallest absolute Gasteiger partial charge is 0.410 e. The topological polar surface area (TPSA) is 64.6 Å². The average molecular weight is 541 g/mol. The minimum atomic E-state index is -2.65. The Morgan fingerprint density at radius 1 is 0.692 bits per heavy atom. The Morgan fingerprint density at radius 3 is 1.51 bits per heavy atom. The van der Waals surface area contributed by atoms with Crippen LogP contribution in [0, 0.1) is 0 Å². The molecule has 0 heterocycles. The third kappa shape index (κ3) is 7.13. The molecule has 0 radical (unpaired) electrons. The number of esters is 1. The number of ether oxygens (including phenoxy) is 2. The molecule has 6 heteroatoms. The molecule has 39 heavy (non-hydrogen) atoms. The third-order valence-electron chi connectivity index (χ3n) is 6.24. The maximum atomic E-state index is 13.4. The molecule has 5 nitrogen and oxygen atoms in total. The van der Waals surface area contributed by atoms with Gasteiger partial charge in [0.1, 0.15) is 41.8 Å².